The van der Waals surface area contributed by atoms with E-state index in [-0.39, 0.29) is 12.2 Å². The highest BCUT2D eigenvalue weighted by atomic mass is 16.5. The van der Waals surface area contributed by atoms with Gasteiger partial charge in [0, 0.05) is 12.5 Å². The summed E-state index contributed by atoms with van der Waals surface area (Å²) in [5, 5.41) is 17.3. The molecule has 0 atom stereocenters. The molecule has 0 aliphatic heterocycles. The lowest BCUT2D eigenvalue weighted by molar-refractivity contribution is 0.0973. The van der Waals surface area contributed by atoms with Crippen molar-refractivity contribution >= 4 is 5.78 Å². The molecule has 18 heavy (non-hydrogen) atoms. The molecule has 0 N–H and O–H groups in total. The Labute approximate surface area is 105 Å². The van der Waals surface area contributed by atoms with E-state index in [1.54, 1.807) is 30.3 Å². The van der Waals surface area contributed by atoms with Gasteiger partial charge >= 0.3 is 0 Å². The van der Waals surface area contributed by atoms with E-state index < -0.39 is 5.92 Å². The zero-order valence-corrected chi connectivity index (χ0v) is 10.1. The molecule has 0 aliphatic rings. The van der Waals surface area contributed by atoms with Crippen molar-refractivity contribution in [3.63, 3.8) is 0 Å². The number of nitrogens with zero attached hydrogens (tertiary/aromatic N) is 2. The molecule has 0 spiro atoms. The Morgan fingerprint density at radius 1 is 1.28 bits per heavy atom. The van der Waals surface area contributed by atoms with Crippen molar-refractivity contribution < 1.29 is 14.3 Å². The molecular formula is C13H12N2O3. The van der Waals surface area contributed by atoms with Crippen molar-refractivity contribution in [1.29, 1.82) is 10.5 Å². The van der Waals surface area contributed by atoms with Crippen LogP contribution in [0.3, 0.4) is 0 Å². The number of methoxy groups -OCH3 is 2. The number of Topliss-reactive ketones (excluding diaryl/α,β-unsaturated/α-hetero) is 1. The number of ketones is 1. The predicted octanol–water partition coefficient (Wildman–Crippen LogP) is 1.94. The standard InChI is InChI=1S/C13H12N2O3/c1-17-10-3-4-11(13(6-10)18-2)12(16)5-9(7-14)8-15/h3-4,6,9H,5H2,1-2H3. The molecule has 1 rings (SSSR count). The number of carbonyl (C=O) groups is 1. The summed E-state index contributed by atoms with van der Waals surface area (Å²) in [6, 6.07) is 8.30. The lowest BCUT2D eigenvalue weighted by atomic mass is 9.99. The Morgan fingerprint density at radius 3 is 2.44 bits per heavy atom. The minimum atomic E-state index is -0.940. The van der Waals surface area contributed by atoms with Crippen molar-refractivity contribution in [1.82, 2.24) is 0 Å². The van der Waals surface area contributed by atoms with Crippen molar-refractivity contribution in [2.75, 3.05) is 14.2 Å². The second kappa shape index (κ2) is 6.27. The highest BCUT2D eigenvalue weighted by Crippen LogP contribution is 2.26. The summed E-state index contributed by atoms with van der Waals surface area (Å²) in [5.41, 5.74) is 0.341. The third-order valence-corrected chi connectivity index (χ3v) is 2.41. The van der Waals surface area contributed by atoms with Crippen molar-refractivity contribution in [3.05, 3.63) is 23.8 Å². The second-order valence-corrected chi connectivity index (χ2v) is 3.50. The van der Waals surface area contributed by atoms with Crippen LogP contribution >= 0.6 is 0 Å². The number of hydrogen-bond acceptors (Lipinski definition) is 5. The van der Waals surface area contributed by atoms with E-state index in [1.807, 2.05) is 0 Å². The van der Waals surface area contributed by atoms with E-state index in [0.717, 1.165) is 0 Å². The first-order valence-corrected chi connectivity index (χ1v) is 5.20. The Balaban J connectivity index is 3.00. The van der Waals surface area contributed by atoms with Crippen LogP contribution in [0.15, 0.2) is 18.2 Å². The molecule has 92 valence electrons. The van der Waals surface area contributed by atoms with Gasteiger partial charge in [-0.1, -0.05) is 0 Å². The second-order valence-electron chi connectivity index (χ2n) is 3.50. The van der Waals surface area contributed by atoms with E-state index in [4.69, 9.17) is 20.0 Å². The molecule has 0 aliphatic carbocycles. The van der Waals surface area contributed by atoms with Gasteiger partial charge < -0.3 is 9.47 Å². The van der Waals surface area contributed by atoms with Crippen molar-refractivity contribution in [2.24, 2.45) is 5.92 Å². The van der Waals surface area contributed by atoms with Gasteiger partial charge in [-0.3, -0.25) is 4.79 Å². The highest BCUT2D eigenvalue weighted by molar-refractivity contribution is 5.99. The summed E-state index contributed by atoms with van der Waals surface area (Å²) in [7, 11) is 2.95. The van der Waals surface area contributed by atoms with E-state index in [2.05, 4.69) is 0 Å². The Morgan fingerprint density at radius 2 is 1.94 bits per heavy atom. The molecule has 5 heteroatoms. The van der Waals surface area contributed by atoms with Crippen LogP contribution in [0.1, 0.15) is 16.8 Å². The lowest BCUT2D eigenvalue weighted by Gasteiger charge is -2.09. The van der Waals surface area contributed by atoms with Gasteiger partial charge in [0.05, 0.1) is 31.9 Å². The van der Waals surface area contributed by atoms with Crippen LogP contribution in [-0.2, 0) is 0 Å². The Hall–Kier alpha value is -2.53. The zero-order valence-electron chi connectivity index (χ0n) is 10.1. The minimum absolute atomic E-state index is 0.143. The van der Waals surface area contributed by atoms with Gasteiger partial charge in [0.25, 0.3) is 0 Å². The molecule has 0 unspecified atom stereocenters. The third kappa shape index (κ3) is 2.99. The summed E-state index contributed by atoms with van der Waals surface area (Å²) in [5.74, 6) is -0.304. The summed E-state index contributed by atoms with van der Waals surface area (Å²) in [4.78, 5) is 11.9. The molecule has 0 saturated heterocycles. The van der Waals surface area contributed by atoms with Crippen LogP contribution < -0.4 is 9.47 Å². The Bertz CT molecular complexity index is 512. The molecule has 0 aromatic heterocycles. The van der Waals surface area contributed by atoms with Gasteiger partial charge in [-0.05, 0) is 12.1 Å². The maximum absolute atomic E-state index is 11.9. The number of hydrogen-bond donors (Lipinski definition) is 0. The number of ether oxygens (including phenoxy) is 2. The first kappa shape index (κ1) is 13.5. The predicted molar refractivity (Wildman–Crippen MR) is 63.2 cm³/mol. The van der Waals surface area contributed by atoms with E-state index in [9.17, 15) is 4.79 Å². The van der Waals surface area contributed by atoms with Gasteiger partial charge in [0.1, 0.15) is 17.4 Å². The number of nitriles is 2. The molecule has 0 fully saturated rings. The molecular weight excluding hydrogens is 232 g/mol. The fourth-order valence-electron chi connectivity index (χ4n) is 1.44. The number of rotatable bonds is 5. The zero-order chi connectivity index (χ0) is 13.5. The van der Waals surface area contributed by atoms with Crippen LogP contribution in [0, 0.1) is 28.6 Å². The molecule has 1 aromatic carbocycles. The van der Waals surface area contributed by atoms with E-state index >= 15 is 0 Å². The maximum atomic E-state index is 11.9. The van der Waals surface area contributed by atoms with Gasteiger partial charge in [-0.15, -0.1) is 0 Å². The normalized spacial score (nSPS) is 9.39. The molecule has 0 heterocycles. The SMILES string of the molecule is COc1ccc(C(=O)CC(C#N)C#N)c(OC)c1. The fourth-order valence-corrected chi connectivity index (χ4v) is 1.44. The van der Waals surface area contributed by atoms with Crippen molar-refractivity contribution in [3.8, 4) is 23.6 Å². The molecule has 0 bridgehead atoms. The monoisotopic (exact) mass is 244 g/mol. The summed E-state index contributed by atoms with van der Waals surface area (Å²) in [6.07, 6.45) is -0.143. The van der Waals surface area contributed by atoms with Crippen molar-refractivity contribution in [2.45, 2.75) is 6.42 Å². The van der Waals surface area contributed by atoms with E-state index in [1.165, 1.54) is 14.2 Å². The smallest absolute Gasteiger partial charge is 0.168 e. The maximum Gasteiger partial charge on any atom is 0.168 e. The van der Waals surface area contributed by atoms with Gasteiger partial charge in [0.2, 0.25) is 0 Å². The molecule has 0 amide bonds. The van der Waals surface area contributed by atoms with Crippen LogP contribution in [-0.4, -0.2) is 20.0 Å². The molecule has 5 nitrogen and oxygen atoms in total. The topological polar surface area (TPSA) is 83.1 Å². The highest BCUT2D eigenvalue weighted by Gasteiger charge is 2.18. The van der Waals surface area contributed by atoms with Crippen LogP contribution in [0.2, 0.25) is 0 Å². The first-order chi connectivity index (χ1) is 8.65. The summed E-state index contributed by atoms with van der Waals surface area (Å²) >= 11 is 0. The third-order valence-electron chi connectivity index (χ3n) is 2.41. The van der Waals surface area contributed by atoms with Crippen LogP contribution in [0.5, 0.6) is 11.5 Å². The largest absolute Gasteiger partial charge is 0.497 e. The number of benzene rings is 1. The molecule has 0 saturated carbocycles. The summed E-state index contributed by atoms with van der Waals surface area (Å²) in [6.45, 7) is 0. The van der Waals surface area contributed by atoms with Gasteiger partial charge in [0.15, 0.2) is 5.78 Å². The lowest BCUT2D eigenvalue weighted by Crippen LogP contribution is -2.07. The molecule has 1 aromatic rings. The van der Waals surface area contributed by atoms with Crippen LogP contribution in [0.4, 0.5) is 0 Å². The first-order valence-electron chi connectivity index (χ1n) is 5.20. The average Bonchev–Trinajstić information content (AvgIpc) is 2.43. The molecule has 0 radical (unpaired) electrons. The van der Waals surface area contributed by atoms with Crippen LogP contribution in [0.25, 0.3) is 0 Å². The quantitative estimate of drug-likeness (QED) is 0.739. The van der Waals surface area contributed by atoms with E-state index in [0.29, 0.717) is 17.1 Å². The summed E-state index contributed by atoms with van der Waals surface area (Å²) < 4.78 is 10.1. The minimum Gasteiger partial charge on any atom is -0.497 e. The number of carbonyl (C=O) groups excluding carboxylic acids is 1. The Kier molecular flexibility index (Phi) is 4.71. The average molecular weight is 244 g/mol. The van der Waals surface area contributed by atoms with Gasteiger partial charge in [-0.25, -0.2) is 0 Å². The van der Waals surface area contributed by atoms with Gasteiger partial charge in [-0.2, -0.15) is 10.5 Å². The fraction of sp³-hybridized carbons (Fsp3) is 0.308.